The van der Waals surface area contributed by atoms with Gasteiger partial charge >= 0.3 is 6.18 Å². The Morgan fingerprint density at radius 2 is 1.73 bits per heavy atom. The SMILES string of the molecule is Cl.Cl.Oc1c(F)ccc(Cl)c1[C@H](N1CCNCC1)C(F)(F)F. The number of nitrogens with one attached hydrogen (secondary N) is 1. The zero-order valence-electron chi connectivity index (χ0n) is 11.2. The number of benzene rings is 1. The van der Waals surface area contributed by atoms with Crippen LogP contribution in [0.2, 0.25) is 5.02 Å². The minimum Gasteiger partial charge on any atom is -0.505 e. The minimum atomic E-state index is -4.66. The molecule has 1 aromatic rings. The molecule has 0 aliphatic carbocycles. The van der Waals surface area contributed by atoms with Gasteiger partial charge in [-0.2, -0.15) is 13.2 Å². The molecule has 0 spiro atoms. The van der Waals surface area contributed by atoms with Crippen molar-refractivity contribution in [3.8, 4) is 5.75 Å². The van der Waals surface area contributed by atoms with Gasteiger partial charge in [-0.25, -0.2) is 4.39 Å². The molecule has 2 N–H and O–H groups in total. The standard InChI is InChI=1S/C12H13ClF4N2O.2ClH/c13-7-1-2-8(14)10(20)9(7)11(12(15,16)17)19-5-3-18-4-6-19;;/h1-2,11,18,20H,3-6H2;2*1H/t11-;;/m0../s1. The Morgan fingerprint density at radius 3 is 2.23 bits per heavy atom. The van der Waals surface area contributed by atoms with Crippen LogP contribution in [0.1, 0.15) is 11.6 Å². The fraction of sp³-hybridized carbons (Fsp3) is 0.500. The Kier molecular flexibility index (Phi) is 8.22. The summed E-state index contributed by atoms with van der Waals surface area (Å²) in [6.45, 7) is 1.05. The number of hydrogen-bond donors (Lipinski definition) is 2. The van der Waals surface area contributed by atoms with Gasteiger partial charge in [0.1, 0.15) is 6.04 Å². The van der Waals surface area contributed by atoms with Crippen LogP contribution in [0.3, 0.4) is 0 Å². The second-order valence-corrected chi connectivity index (χ2v) is 4.93. The quantitative estimate of drug-likeness (QED) is 0.765. The van der Waals surface area contributed by atoms with E-state index in [-0.39, 0.29) is 42.9 Å². The first kappa shape index (κ1) is 21.5. The summed E-state index contributed by atoms with van der Waals surface area (Å²) < 4.78 is 53.4. The second-order valence-electron chi connectivity index (χ2n) is 4.52. The van der Waals surface area contributed by atoms with Crippen LogP contribution in [0.4, 0.5) is 17.6 Å². The Labute approximate surface area is 142 Å². The molecule has 0 amide bonds. The van der Waals surface area contributed by atoms with Gasteiger partial charge in [-0.3, -0.25) is 4.90 Å². The number of alkyl halides is 3. The van der Waals surface area contributed by atoms with E-state index in [1.165, 1.54) is 0 Å². The van der Waals surface area contributed by atoms with E-state index in [0.29, 0.717) is 13.1 Å². The molecule has 1 atom stereocenters. The van der Waals surface area contributed by atoms with Crippen molar-refractivity contribution in [1.29, 1.82) is 0 Å². The summed E-state index contributed by atoms with van der Waals surface area (Å²) in [6.07, 6.45) is -4.66. The molecule has 10 heteroatoms. The van der Waals surface area contributed by atoms with Crippen molar-refractivity contribution in [2.24, 2.45) is 0 Å². The lowest BCUT2D eigenvalue weighted by molar-refractivity contribution is -0.188. The Hall–Kier alpha value is -0.470. The number of phenolic OH excluding ortho intramolecular Hbond substituents is 1. The second kappa shape index (κ2) is 8.40. The number of piperazine rings is 1. The maximum atomic E-state index is 13.4. The van der Waals surface area contributed by atoms with Gasteiger partial charge in [-0.15, -0.1) is 24.8 Å². The number of phenols is 1. The molecular weight excluding hydrogens is 370 g/mol. The average Bonchev–Trinajstić information content (AvgIpc) is 2.39. The molecule has 3 nitrogen and oxygen atoms in total. The van der Waals surface area contributed by atoms with Crippen molar-refractivity contribution in [3.05, 3.63) is 28.5 Å². The van der Waals surface area contributed by atoms with Crippen molar-refractivity contribution in [2.75, 3.05) is 26.2 Å². The molecule has 1 heterocycles. The van der Waals surface area contributed by atoms with Crippen LogP contribution in [-0.2, 0) is 0 Å². The van der Waals surface area contributed by atoms with Gasteiger partial charge in [-0.1, -0.05) is 11.6 Å². The van der Waals surface area contributed by atoms with Crippen LogP contribution in [0.25, 0.3) is 0 Å². The predicted molar refractivity (Wildman–Crippen MR) is 80.8 cm³/mol. The molecule has 2 rings (SSSR count). The third-order valence-electron chi connectivity index (χ3n) is 3.21. The molecule has 1 aliphatic heterocycles. The minimum absolute atomic E-state index is 0. The van der Waals surface area contributed by atoms with E-state index in [1.807, 2.05) is 0 Å². The number of aromatic hydroxyl groups is 1. The Bertz CT molecular complexity index is 496. The molecule has 1 saturated heterocycles. The summed E-state index contributed by atoms with van der Waals surface area (Å²) in [5.74, 6) is -2.16. The smallest absolute Gasteiger partial charge is 0.408 e. The van der Waals surface area contributed by atoms with E-state index >= 15 is 0 Å². The molecular formula is C12H15Cl3F4N2O. The molecule has 0 unspecified atom stereocenters. The van der Waals surface area contributed by atoms with Crippen molar-refractivity contribution < 1.29 is 22.7 Å². The molecule has 0 bridgehead atoms. The monoisotopic (exact) mass is 384 g/mol. The van der Waals surface area contributed by atoms with Gasteiger partial charge in [0, 0.05) is 36.8 Å². The number of halogens is 7. The summed E-state index contributed by atoms with van der Waals surface area (Å²) in [4.78, 5) is 1.14. The lowest BCUT2D eigenvalue weighted by Crippen LogP contribution is -2.49. The molecule has 0 aromatic heterocycles. The molecule has 1 aromatic carbocycles. The highest BCUT2D eigenvalue weighted by molar-refractivity contribution is 6.31. The molecule has 0 radical (unpaired) electrons. The van der Waals surface area contributed by atoms with Gasteiger partial charge in [-0.05, 0) is 12.1 Å². The van der Waals surface area contributed by atoms with Gasteiger partial charge < -0.3 is 10.4 Å². The maximum absolute atomic E-state index is 13.4. The van der Waals surface area contributed by atoms with E-state index < -0.39 is 29.3 Å². The lowest BCUT2D eigenvalue weighted by Gasteiger charge is -2.36. The molecule has 1 aliphatic rings. The molecule has 1 fully saturated rings. The van der Waals surface area contributed by atoms with Crippen LogP contribution in [-0.4, -0.2) is 42.4 Å². The van der Waals surface area contributed by atoms with Crippen LogP contribution >= 0.6 is 36.4 Å². The highest BCUT2D eigenvalue weighted by Gasteiger charge is 2.47. The summed E-state index contributed by atoms with van der Waals surface area (Å²) in [5, 5.41) is 12.3. The van der Waals surface area contributed by atoms with Gasteiger partial charge in [0.25, 0.3) is 0 Å². The molecule has 0 saturated carbocycles. The number of nitrogens with zero attached hydrogens (tertiary/aromatic N) is 1. The van der Waals surface area contributed by atoms with Crippen LogP contribution in [0, 0.1) is 5.82 Å². The van der Waals surface area contributed by atoms with Crippen LogP contribution in [0.5, 0.6) is 5.75 Å². The fourth-order valence-electron chi connectivity index (χ4n) is 2.31. The molecule has 22 heavy (non-hydrogen) atoms. The summed E-state index contributed by atoms with van der Waals surface area (Å²) in [6, 6.07) is -0.257. The van der Waals surface area contributed by atoms with Crippen molar-refractivity contribution >= 4 is 36.4 Å². The van der Waals surface area contributed by atoms with Gasteiger partial charge in [0.15, 0.2) is 11.6 Å². The van der Waals surface area contributed by atoms with E-state index in [2.05, 4.69) is 5.32 Å². The first-order chi connectivity index (χ1) is 9.32. The van der Waals surface area contributed by atoms with Crippen LogP contribution < -0.4 is 5.32 Å². The molecule has 128 valence electrons. The van der Waals surface area contributed by atoms with Crippen molar-refractivity contribution in [3.63, 3.8) is 0 Å². The maximum Gasteiger partial charge on any atom is 0.408 e. The van der Waals surface area contributed by atoms with Gasteiger partial charge in [0.2, 0.25) is 0 Å². The van der Waals surface area contributed by atoms with Gasteiger partial charge in [0.05, 0.1) is 0 Å². The summed E-state index contributed by atoms with van der Waals surface area (Å²) in [7, 11) is 0. The third-order valence-corrected chi connectivity index (χ3v) is 3.54. The van der Waals surface area contributed by atoms with E-state index in [0.717, 1.165) is 17.0 Å². The zero-order valence-corrected chi connectivity index (χ0v) is 13.6. The van der Waals surface area contributed by atoms with Crippen molar-refractivity contribution in [1.82, 2.24) is 10.2 Å². The summed E-state index contributed by atoms with van der Waals surface area (Å²) in [5.41, 5.74) is -0.624. The third kappa shape index (κ3) is 4.52. The number of rotatable bonds is 2. The predicted octanol–water partition coefficient (Wildman–Crippen LogP) is 3.54. The van der Waals surface area contributed by atoms with E-state index in [1.54, 1.807) is 0 Å². The lowest BCUT2D eigenvalue weighted by atomic mass is 10.0. The first-order valence-corrected chi connectivity index (χ1v) is 6.38. The fourth-order valence-corrected chi connectivity index (χ4v) is 2.57. The summed E-state index contributed by atoms with van der Waals surface area (Å²) >= 11 is 5.75. The van der Waals surface area contributed by atoms with E-state index in [4.69, 9.17) is 11.6 Å². The Morgan fingerprint density at radius 1 is 1.18 bits per heavy atom. The van der Waals surface area contributed by atoms with E-state index in [9.17, 15) is 22.7 Å². The highest BCUT2D eigenvalue weighted by Crippen LogP contribution is 2.45. The zero-order chi connectivity index (χ0) is 14.9. The first-order valence-electron chi connectivity index (χ1n) is 6.00. The normalized spacial score (nSPS) is 17.3. The largest absolute Gasteiger partial charge is 0.505 e. The average molecular weight is 386 g/mol. The Balaban J connectivity index is 0.00000220. The van der Waals surface area contributed by atoms with Crippen LogP contribution in [0.15, 0.2) is 12.1 Å². The number of hydrogen-bond acceptors (Lipinski definition) is 3. The van der Waals surface area contributed by atoms with Crippen molar-refractivity contribution in [2.45, 2.75) is 12.2 Å². The highest BCUT2D eigenvalue weighted by atomic mass is 35.5. The topological polar surface area (TPSA) is 35.5 Å².